The van der Waals surface area contributed by atoms with Gasteiger partial charge in [-0.15, -0.1) is 0 Å². The SMILES string of the molecule is COc1cc([C@@H]2Nc3c(Cl)ccc([N+](=O)[O-])c3[C@@H]3C=CC[C@H]32)cc(Br)c1OCc1ccc(Cl)cc1Cl. The van der Waals surface area contributed by atoms with Crippen LogP contribution in [0.3, 0.4) is 0 Å². The van der Waals surface area contributed by atoms with Gasteiger partial charge < -0.3 is 14.8 Å². The smallest absolute Gasteiger partial charge is 0.275 e. The van der Waals surface area contributed by atoms with E-state index < -0.39 is 0 Å². The number of fused-ring (bicyclic) bond motifs is 3. The van der Waals surface area contributed by atoms with E-state index >= 15 is 0 Å². The minimum absolute atomic E-state index is 0.0743. The van der Waals surface area contributed by atoms with E-state index in [-0.39, 0.29) is 35.1 Å². The van der Waals surface area contributed by atoms with Gasteiger partial charge in [0.05, 0.1) is 38.8 Å². The normalized spacial score (nSPS) is 19.9. The van der Waals surface area contributed by atoms with Gasteiger partial charge in [0, 0.05) is 27.6 Å². The van der Waals surface area contributed by atoms with Crippen molar-refractivity contribution in [2.75, 3.05) is 12.4 Å². The number of halogens is 4. The highest BCUT2D eigenvalue weighted by atomic mass is 79.9. The summed E-state index contributed by atoms with van der Waals surface area (Å²) in [7, 11) is 1.58. The quantitative estimate of drug-likeness (QED) is 0.172. The van der Waals surface area contributed by atoms with Crippen LogP contribution in [-0.4, -0.2) is 12.0 Å². The summed E-state index contributed by atoms with van der Waals surface area (Å²) in [6.45, 7) is 0.229. The van der Waals surface area contributed by atoms with Crippen LogP contribution in [0.25, 0.3) is 0 Å². The monoisotopic (exact) mass is 608 g/mol. The first-order valence-electron chi connectivity index (χ1n) is 11.1. The Morgan fingerprint density at radius 3 is 2.67 bits per heavy atom. The summed E-state index contributed by atoms with van der Waals surface area (Å²) < 4.78 is 12.5. The van der Waals surface area contributed by atoms with E-state index in [9.17, 15) is 10.1 Å². The number of benzene rings is 3. The Kier molecular flexibility index (Phi) is 7.10. The molecule has 2 aliphatic rings. The third-order valence-corrected chi connectivity index (χ3v) is 8.13. The van der Waals surface area contributed by atoms with E-state index in [1.54, 1.807) is 25.3 Å². The molecule has 0 spiro atoms. The zero-order valence-electron chi connectivity index (χ0n) is 18.9. The maximum atomic E-state index is 11.8. The fraction of sp³-hybridized carbons (Fsp3) is 0.231. The summed E-state index contributed by atoms with van der Waals surface area (Å²) >= 11 is 22.5. The lowest BCUT2D eigenvalue weighted by molar-refractivity contribution is -0.385. The van der Waals surface area contributed by atoms with E-state index in [4.69, 9.17) is 44.3 Å². The Hall–Kier alpha value is -2.45. The lowest BCUT2D eigenvalue weighted by atomic mass is 9.76. The number of methoxy groups -OCH3 is 1. The van der Waals surface area contributed by atoms with Gasteiger partial charge in [0.2, 0.25) is 0 Å². The molecule has 1 N–H and O–H groups in total. The molecule has 10 heteroatoms. The van der Waals surface area contributed by atoms with Crippen LogP contribution in [0.2, 0.25) is 15.1 Å². The molecule has 1 aliphatic heterocycles. The summed E-state index contributed by atoms with van der Waals surface area (Å²) in [5.74, 6) is 1.03. The third-order valence-electron chi connectivity index (χ3n) is 6.64. The highest BCUT2D eigenvalue weighted by Gasteiger charge is 2.42. The second-order valence-electron chi connectivity index (χ2n) is 8.65. The van der Waals surface area contributed by atoms with E-state index in [2.05, 4.69) is 27.3 Å². The van der Waals surface area contributed by atoms with Crippen LogP contribution in [0.5, 0.6) is 11.5 Å². The molecular formula is C26H20BrCl3N2O4. The van der Waals surface area contributed by atoms with Crippen molar-refractivity contribution in [1.82, 2.24) is 0 Å². The highest BCUT2D eigenvalue weighted by molar-refractivity contribution is 9.10. The van der Waals surface area contributed by atoms with Crippen LogP contribution in [0.4, 0.5) is 11.4 Å². The lowest BCUT2D eigenvalue weighted by Crippen LogP contribution is -2.30. The molecule has 0 amide bonds. The van der Waals surface area contributed by atoms with Crippen molar-refractivity contribution in [2.24, 2.45) is 5.92 Å². The first-order valence-corrected chi connectivity index (χ1v) is 13.0. The maximum absolute atomic E-state index is 11.8. The van der Waals surface area contributed by atoms with Crippen molar-refractivity contribution < 1.29 is 14.4 Å². The molecule has 0 fully saturated rings. The molecule has 0 unspecified atom stereocenters. The molecule has 3 atom stereocenters. The summed E-state index contributed by atoms with van der Waals surface area (Å²) in [5.41, 5.74) is 3.04. The fourth-order valence-electron chi connectivity index (χ4n) is 4.99. The number of allylic oxidation sites excluding steroid dienone is 2. The van der Waals surface area contributed by atoms with E-state index in [0.29, 0.717) is 42.3 Å². The average molecular weight is 611 g/mol. The van der Waals surface area contributed by atoms with Gasteiger partial charge in [-0.2, -0.15) is 0 Å². The van der Waals surface area contributed by atoms with Crippen molar-refractivity contribution in [1.29, 1.82) is 0 Å². The minimum atomic E-state index is -0.348. The topological polar surface area (TPSA) is 73.6 Å². The largest absolute Gasteiger partial charge is 0.493 e. The van der Waals surface area contributed by atoms with Gasteiger partial charge in [0.15, 0.2) is 11.5 Å². The summed E-state index contributed by atoms with van der Waals surface area (Å²) in [5, 5.41) is 16.8. The van der Waals surface area contributed by atoms with Crippen molar-refractivity contribution in [3.05, 3.63) is 101 Å². The number of rotatable bonds is 6. The third kappa shape index (κ3) is 4.54. The molecule has 6 nitrogen and oxygen atoms in total. The standard InChI is InChI=1S/C26H20BrCl3N2O4/c1-35-22-10-14(9-18(27)26(22)36-12-13-5-6-15(28)11-20(13)30)24-17-4-2-3-16(17)23-21(32(33)34)8-7-19(29)25(23)31-24/h2-3,5-11,16-17,24,31H,4,12H2,1H3/t16-,17-,24+/m1/s1. The van der Waals surface area contributed by atoms with Gasteiger partial charge in [-0.1, -0.05) is 53.0 Å². The summed E-state index contributed by atoms with van der Waals surface area (Å²) in [6, 6.07) is 12.0. The zero-order chi connectivity index (χ0) is 25.6. The molecule has 0 radical (unpaired) electrons. The number of nitrogens with zero attached hydrogens (tertiary/aromatic N) is 1. The molecule has 0 bridgehead atoms. The number of nitro benzene ring substituents is 1. The number of nitrogens with one attached hydrogen (secondary N) is 1. The Bertz CT molecular complexity index is 1400. The van der Waals surface area contributed by atoms with Crippen LogP contribution >= 0.6 is 50.7 Å². The molecule has 3 aromatic rings. The summed E-state index contributed by atoms with van der Waals surface area (Å²) in [4.78, 5) is 11.4. The maximum Gasteiger partial charge on any atom is 0.275 e. The molecule has 0 saturated heterocycles. The Labute approximate surface area is 231 Å². The molecule has 1 heterocycles. The Morgan fingerprint density at radius 1 is 1.14 bits per heavy atom. The Morgan fingerprint density at radius 2 is 1.94 bits per heavy atom. The van der Waals surface area contributed by atoms with Crippen LogP contribution in [-0.2, 0) is 6.61 Å². The van der Waals surface area contributed by atoms with E-state index in [1.807, 2.05) is 24.3 Å². The molecule has 186 valence electrons. The average Bonchev–Trinajstić information content (AvgIpc) is 3.33. The minimum Gasteiger partial charge on any atom is -0.493 e. The van der Waals surface area contributed by atoms with E-state index in [1.165, 1.54) is 6.07 Å². The van der Waals surface area contributed by atoms with Crippen molar-refractivity contribution >= 4 is 62.1 Å². The molecule has 36 heavy (non-hydrogen) atoms. The molecule has 0 saturated carbocycles. The van der Waals surface area contributed by atoms with Crippen LogP contribution in [0, 0.1) is 16.0 Å². The van der Waals surface area contributed by atoms with Gasteiger partial charge in [0.1, 0.15) is 6.61 Å². The second-order valence-corrected chi connectivity index (χ2v) is 10.8. The zero-order valence-corrected chi connectivity index (χ0v) is 22.8. The number of nitro groups is 1. The first kappa shape index (κ1) is 25.2. The van der Waals surface area contributed by atoms with Crippen molar-refractivity contribution in [2.45, 2.75) is 25.0 Å². The van der Waals surface area contributed by atoms with Crippen molar-refractivity contribution in [3.8, 4) is 11.5 Å². The van der Waals surface area contributed by atoms with Crippen molar-refractivity contribution in [3.63, 3.8) is 0 Å². The van der Waals surface area contributed by atoms with Gasteiger partial charge in [0.25, 0.3) is 5.69 Å². The summed E-state index contributed by atoms with van der Waals surface area (Å²) in [6.07, 6.45) is 4.89. The van der Waals surface area contributed by atoms with Gasteiger partial charge >= 0.3 is 0 Å². The predicted octanol–water partition coefficient (Wildman–Crippen LogP) is 8.73. The molecule has 3 aromatic carbocycles. The second kappa shape index (κ2) is 10.1. The highest BCUT2D eigenvalue weighted by Crippen LogP contribution is 2.55. The Balaban J connectivity index is 1.50. The number of ether oxygens (including phenoxy) is 2. The molecule has 5 rings (SSSR count). The molecule has 0 aromatic heterocycles. The van der Waals surface area contributed by atoms with Crippen LogP contribution in [0.1, 0.15) is 35.1 Å². The molecule has 1 aliphatic carbocycles. The van der Waals surface area contributed by atoms with Crippen LogP contribution < -0.4 is 14.8 Å². The van der Waals surface area contributed by atoms with Gasteiger partial charge in [-0.3, -0.25) is 10.1 Å². The lowest BCUT2D eigenvalue weighted by Gasteiger charge is -2.37. The predicted molar refractivity (Wildman–Crippen MR) is 146 cm³/mol. The fourth-order valence-corrected chi connectivity index (χ4v) is 6.25. The number of hydrogen-bond donors (Lipinski definition) is 1. The van der Waals surface area contributed by atoms with Gasteiger partial charge in [-0.25, -0.2) is 0 Å². The number of hydrogen-bond acceptors (Lipinski definition) is 5. The first-order chi connectivity index (χ1) is 17.3. The van der Waals surface area contributed by atoms with E-state index in [0.717, 1.165) is 17.5 Å². The molecular weight excluding hydrogens is 591 g/mol. The van der Waals surface area contributed by atoms with Crippen LogP contribution in [0.15, 0.2) is 59.1 Å². The number of anilines is 1. The van der Waals surface area contributed by atoms with Gasteiger partial charge in [-0.05, 0) is 64.2 Å².